The summed E-state index contributed by atoms with van der Waals surface area (Å²) in [4.78, 5) is 6.71. The van der Waals surface area contributed by atoms with E-state index in [-0.39, 0.29) is 0 Å². The number of pyridine rings is 1. The lowest BCUT2D eigenvalue weighted by Crippen LogP contribution is -2.18. The third-order valence-electron chi connectivity index (χ3n) is 3.22. The Morgan fingerprint density at radius 2 is 2.00 bits per heavy atom. The van der Waals surface area contributed by atoms with Crippen LogP contribution < -0.4 is 15.4 Å². The third-order valence-corrected chi connectivity index (χ3v) is 3.22. The first kappa shape index (κ1) is 15.2. The van der Waals surface area contributed by atoms with Crippen LogP contribution in [0.2, 0.25) is 0 Å². The maximum Gasteiger partial charge on any atom is 0.239 e. The van der Waals surface area contributed by atoms with E-state index >= 15 is 0 Å². The van der Waals surface area contributed by atoms with E-state index < -0.39 is 0 Å². The van der Waals surface area contributed by atoms with E-state index in [9.17, 15) is 0 Å². The van der Waals surface area contributed by atoms with Crippen molar-refractivity contribution in [3.63, 3.8) is 0 Å². The van der Waals surface area contributed by atoms with Crippen LogP contribution >= 0.6 is 0 Å². The van der Waals surface area contributed by atoms with Crippen LogP contribution in [0.4, 0.5) is 17.2 Å². The smallest absolute Gasteiger partial charge is 0.239 e. The fourth-order valence-electron chi connectivity index (χ4n) is 2.18. The van der Waals surface area contributed by atoms with Gasteiger partial charge in [-0.25, -0.2) is 0 Å². The predicted molar refractivity (Wildman–Crippen MR) is 88.3 cm³/mol. The number of anilines is 3. The van der Waals surface area contributed by atoms with Gasteiger partial charge in [-0.3, -0.25) is 0 Å². The lowest BCUT2D eigenvalue weighted by atomic mass is 10.2. The molecule has 0 saturated heterocycles. The Labute approximate surface area is 126 Å². The van der Waals surface area contributed by atoms with Crippen LogP contribution in [0.15, 0.2) is 36.4 Å². The molecule has 0 amide bonds. The maximum atomic E-state index is 5.93. The van der Waals surface area contributed by atoms with E-state index in [1.807, 2.05) is 12.1 Å². The highest BCUT2D eigenvalue weighted by molar-refractivity contribution is 5.63. The van der Waals surface area contributed by atoms with Crippen molar-refractivity contribution >= 4 is 17.2 Å². The van der Waals surface area contributed by atoms with Gasteiger partial charge in [0.05, 0.1) is 12.3 Å². The third kappa shape index (κ3) is 3.66. The number of aryl methyl sites for hydroxylation is 1. The molecular weight excluding hydrogens is 262 g/mol. The first-order valence-electron chi connectivity index (χ1n) is 7.39. The minimum atomic E-state index is 0.514. The van der Waals surface area contributed by atoms with Gasteiger partial charge in [-0.15, -0.1) is 0 Å². The molecule has 1 aromatic heterocycles. The highest BCUT2D eigenvalue weighted by atomic mass is 16.5. The van der Waals surface area contributed by atoms with Crippen LogP contribution in [0.1, 0.15) is 25.8 Å². The van der Waals surface area contributed by atoms with Gasteiger partial charge in [0.15, 0.2) is 0 Å². The number of nitrogens with zero attached hydrogens (tertiary/aromatic N) is 2. The zero-order chi connectivity index (χ0) is 15.2. The molecule has 0 radical (unpaired) electrons. The molecule has 21 heavy (non-hydrogen) atoms. The van der Waals surface area contributed by atoms with Crippen molar-refractivity contribution in [2.24, 2.45) is 0 Å². The fourth-order valence-corrected chi connectivity index (χ4v) is 2.18. The monoisotopic (exact) mass is 285 g/mol. The van der Waals surface area contributed by atoms with Crippen molar-refractivity contribution in [3.05, 3.63) is 42.0 Å². The number of rotatable bonds is 6. The quantitative estimate of drug-likeness (QED) is 0.874. The summed E-state index contributed by atoms with van der Waals surface area (Å²) in [6.45, 7) is 7.70. The normalized spacial score (nSPS) is 10.4. The molecule has 0 spiro atoms. The molecule has 1 heterocycles. The highest BCUT2D eigenvalue weighted by Crippen LogP contribution is 2.28. The molecule has 0 atom stereocenters. The van der Waals surface area contributed by atoms with Crippen molar-refractivity contribution in [3.8, 4) is 5.88 Å². The summed E-state index contributed by atoms with van der Waals surface area (Å²) < 4.78 is 5.62. The van der Waals surface area contributed by atoms with Crippen molar-refractivity contribution in [1.29, 1.82) is 0 Å². The lowest BCUT2D eigenvalue weighted by molar-refractivity contribution is 0.307. The molecule has 1 aromatic carbocycles. The molecule has 4 nitrogen and oxygen atoms in total. The zero-order valence-corrected chi connectivity index (χ0v) is 13.0. The summed E-state index contributed by atoms with van der Waals surface area (Å²) in [5.41, 5.74) is 8.85. The number of hydrogen-bond donors (Lipinski definition) is 1. The predicted octanol–water partition coefficient (Wildman–Crippen LogP) is 3.92. The molecule has 0 aliphatic carbocycles. The van der Waals surface area contributed by atoms with Gasteiger partial charge in [0.1, 0.15) is 5.82 Å². The van der Waals surface area contributed by atoms with Gasteiger partial charge in [0.25, 0.3) is 0 Å². The summed E-state index contributed by atoms with van der Waals surface area (Å²) >= 11 is 0. The van der Waals surface area contributed by atoms with Gasteiger partial charge in [0, 0.05) is 12.2 Å². The summed E-state index contributed by atoms with van der Waals surface area (Å²) in [7, 11) is 0. The standard InChI is InChI=1S/C17H23N3O/c1-4-11-21-17-15(18)9-10-16(19-17)20(5-2)14-8-6-7-13(3)12-14/h6-10,12H,4-5,11,18H2,1-3H3. The van der Waals surface area contributed by atoms with E-state index in [1.54, 1.807) is 0 Å². The van der Waals surface area contributed by atoms with Crippen LogP contribution in [0, 0.1) is 6.92 Å². The number of nitrogen functional groups attached to an aromatic ring is 1. The van der Waals surface area contributed by atoms with Crippen LogP contribution in [0.5, 0.6) is 5.88 Å². The van der Waals surface area contributed by atoms with Gasteiger partial charge in [-0.1, -0.05) is 19.1 Å². The minimum absolute atomic E-state index is 0.514. The largest absolute Gasteiger partial charge is 0.476 e. The molecule has 0 fully saturated rings. The summed E-state index contributed by atoms with van der Waals surface area (Å²) in [6.07, 6.45) is 0.931. The number of benzene rings is 1. The van der Waals surface area contributed by atoms with E-state index in [2.05, 4.69) is 54.9 Å². The Morgan fingerprint density at radius 1 is 1.19 bits per heavy atom. The first-order chi connectivity index (χ1) is 10.2. The molecule has 2 aromatic rings. The molecular formula is C17H23N3O. The van der Waals surface area contributed by atoms with E-state index in [4.69, 9.17) is 10.5 Å². The molecule has 4 heteroatoms. The molecule has 2 N–H and O–H groups in total. The molecule has 0 aliphatic heterocycles. The topological polar surface area (TPSA) is 51.4 Å². The molecule has 0 aliphatic rings. The van der Waals surface area contributed by atoms with Crippen molar-refractivity contribution < 1.29 is 4.74 Å². The van der Waals surface area contributed by atoms with Crippen molar-refractivity contribution in [2.45, 2.75) is 27.2 Å². The Hall–Kier alpha value is -2.23. The number of aromatic nitrogens is 1. The average molecular weight is 285 g/mol. The Morgan fingerprint density at radius 3 is 2.67 bits per heavy atom. The Kier molecular flexibility index (Phi) is 5.04. The number of ether oxygens (including phenoxy) is 1. The van der Waals surface area contributed by atoms with Gasteiger partial charge >= 0.3 is 0 Å². The summed E-state index contributed by atoms with van der Waals surface area (Å²) in [5.74, 6) is 1.36. The van der Waals surface area contributed by atoms with Gasteiger partial charge < -0.3 is 15.4 Å². The Bertz CT molecular complexity index is 598. The van der Waals surface area contributed by atoms with Crippen molar-refractivity contribution in [2.75, 3.05) is 23.8 Å². The van der Waals surface area contributed by atoms with Gasteiger partial charge in [0.2, 0.25) is 5.88 Å². The molecule has 0 unspecified atom stereocenters. The summed E-state index contributed by atoms with van der Waals surface area (Å²) in [5, 5.41) is 0. The maximum absolute atomic E-state index is 5.93. The van der Waals surface area contributed by atoms with E-state index in [0.29, 0.717) is 18.2 Å². The highest BCUT2D eigenvalue weighted by Gasteiger charge is 2.12. The molecule has 112 valence electrons. The average Bonchev–Trinajstić information content (AvgIpc) is 2.48. The fraction of sp³-hybridized carbons (Fsp3) is 0.353. The first-order valence-corrected chi connectivity index (χ1v) is 7.39. The SMILES string of the molecule is CCCOc1nc(N(CC)c2cccc(C)c2)ccc1N. The lowest BCUT2D eigenvalue weighted by Gasteiger charge is -2.23. The summed E-state index contributed by atoms with van der Waals surface area (Å²) in [6, 6.07) is 12.2. The molecule has 0 bridgehead atoms. The van der Waals surface area contributed by atoms with Gasteiger partial charge in [-0.2, -0.15) is 4.98 Å². The second-order valence-corrected chi connectivity index (χ2v) is 5.00. The minimum Gasteiger partial charge on any atom is -0.476 e. The number of nitrogens with two attached hydrogens (primary N) is 1. The van der Waals surface area contributed by atoms with Crippen LogP contribution in [-0.4, -0.2) is 18.1 Å². The van der Waals surface area contributed by atoms with Crippen LogP contribution in [0.25, 0.3) is 0 Å². The molecule has 0 saturated carbocycles. The van der Waals surface area contributed by atoms with Crippen LogP contribution in [-0.2, 0) is 0 Å². The molecule has 2 rings (SSSR count). The second-order valence-electron chi connectivity index (χ2n) is 5.00. The second kappa shape index (κ2) is 6.97. The Balaban J connectivity index is 2.34. The van der Waals surface area contributed by atoms with E-state index in [0.717, 1.165) is 24.5 Å². The van der Waals surface area contributed by atoms with E-state index in [1.165, 1.54) is 5.56 Å². The van der Waals surface area contributed by atoms with Gasteiger partial charge in [-0.05, 0) is 50.1 Å². The number of hydrogen-bond acceptors (Lipinski definition) is 4. The van der Waals surface area contributed by atoms with Crippen LogP contribution in [0.3, 0.4) is 0 Å². The van der Waals surface area contributed by atoms with Crippen molar-refractivity contribution in [1.82, 2.24) is 4.98 Å². The zero-order valence-electron chi connectivity index (χ0n) is 13.0.